The SMILES string of the molecule is CCOc1ccc(Nc2nccc(C(=O)Nc3c(C)cccc3C(C)C)n2)cc1. The summed E-state index contributed by atoms with van der Waals surface area (Å²) in [5, 5.41) is 6.13. The number of anilines is 3. The number of carbonyl (C=O) groups is 1. The van der Waals surface area contributed by atoms with E-state index in [1.165, 1.54) is 0 Å². The molecular formula is C23H26N4O2. The van der Waals surface area contributed by atoms with E-state index in [4.69, 9.17) is 4.74 Å². The number of rotatable bonds is 7. The van der Waals surface area contributed by atoms with Crippen LogP contribution < -0.4 is 15.4 Å². The predicted octanol–water partition coefficient (Wildman–Crippen LogP) is 5.30. The van der Waals surface area contributed by atoms with E-state index in [2.05, 4.69) is 34.4 Å². The third-order valence-corrected chi connectivity index (χ3v) is 4.48. The van der Waals surface area contributed by atoms with Gasteiger partial charge in [-0.05, 0) is 61.2 Å². The third-order valence-electron chi connectivity index (χ3n) is 4.48. The van der Waals surface area contributed by atoms with Crippen LogP contribution in [0.2, 0.25) is 0 Å². The monoisotopic (exact) mass is 390 g/mol. The van der Waals surface area contributed by atoms with Crippen molar-refractivity contribution in [1.82, 2.24) is 9.97 Å². The molecule has 0 saturated carbocycles. The molecule has 150 valence electrons. The molecule has 0 aliphatic heterocycles. The van der Waals surface area contributed by atoms with Gasteiger partial charge in [0.2, 0.25) is 5.95 Å². The molecule has 3 rings (SSSR count). The molecule has 0 aliphatic carbocycles. The van der Waals surface area contributed by atoms with Crippen molar-refractivity contribution in [3.8, 4) is 5.75 Å². The summed E-state index contributed by atoms with van der Waals surface area (Å²) in [7, 11) is 0. The molecule has 0 atom stereocenters. The fourth-order valence-electron chi connectivity index (χ4n) is 3.00. The van der Waals surface area contributed by atoms with E-state index in [0.29, 0.717) is 24.2 Å². The summed E-state index contributed by atoms with van der Waals surface area (Å²) in [6, 6.07) is 15.1. The molecule has 0 bridgehead atoms. The van der Waals surface area contributed by atoms with E-state index in [0.717, 1.165) is 28.3 Å². The lowest BCUT2D eigenvalue weighted by atomic mass is 9.98. The number of nitrogens with one attached hydrogen (secondary N) is 2. The van der Waals surface area contributed by atoms with Crippen LogP contribution in [0.15, 0.2) is 54.7 Å². The number of hydrogen-bond acceptors (Lipinski definition) is 5. The standard InChI is InChI=1S/C23H26N4O2/c1-5-29-18-11-9-17(10-12-18)25-23-24-14-13-20(26-23)22(28)27-21-16(4)7-6-8-19(21)15(2)3/h6-15H,5H2,1-4H3,(H,27,28)(H,24,25,26). The number of para-hydroxylation sites is 1. The van der Waals surface area contributed by atoms with Crippen molar-refractivity contribution in [3.05, 3.63) is 71.5 Å². The van der Waals surface area contributed by atoms with E-state index >= 15 is 0 Å². The van der Waals surface area contributed by atoms with Crippen LogP contribution in [0, 0.1) is 6.92 Å². The molecular weight excluding hydrogens is 364 g/mol. The quantitative estimate of drug-likeness (QED) is 0.572. The lowest BCUT2D eigenvalue weighted by Gasteiger charge is -2.16. The topological polar surface area (TPSA) is 76.1 Å². The maximum absolute atomic E-state index is 12.8. The Kier molecular flexibility index (Phi) is 6.44. The fraction of sp³-hybridized carbons (Fsp3) is 0.261. The first-order valence-corrected chi connectivity index (χ1v) is 9.71. The molecule has 1 aromatic heterocycles. The highest BCUT2D eigenvalue weighted by atomic mass is 16.5. The molecule has 2 aromatic carbocycles. The van der Waals surface area contributed by atoms with Crippen LogP contribution in [0.1, 0.15) is 48.3 Å². The normalized spacial score (nSPS) is 10.7. The van der Waals surface area contributed by atoms with Gasteiger partial charge in [-0.1, -0.05) is 32.0 Å². The van der Waals surface area contributed by atoms with Crippen molar-refractivity contribution < 1.29 is 9.53 Å². The molecule has 0 unspecified atom stereocenters. The first-order chi connectivity index (χ1) is 14.0. The minimum atomic E-state index is -0.265. The maximum Gasteiger partial charge on any atom is 0.274 e. The summed E-state index contributed by atoms with van der Waals surface area (Å²) in [6.07, 6.45) is 1.57. The van der Waals surface area contributed by atoms with Crippen molar-refractivity contribution in [2.24, 2.45) is 0 Å². The van der Waals surface area contributed by atoms with E-state index in [1.807, 2.05) is 56.3 Å². The molecule has 0 aliphatic rings. The fourth-order valence-corrected chi connectivity index (χ4v) is 3.00. The van der Waals surface area contributed by atoms with Gasteiger partial charge in [0.15, 0.2) is 0 Å². The Labute approximate surface area is 171 Å². The Balaban J connectivity index is 1.76. The minimum absolute atomic E-state index is 0.265. The summed E-state index contributed by atoms with van der Waals surface area (Å²) in [5.41, 5.74) is 4.07. The van der Waals surface area contributed by atoms with Crippen LogP contribution in [0.3, 0.4) is 0 Å². The van der Waals surface area contributed by atoms with Gasteiger partial charge in [-0.2, -0.15) is 0 Å². The average Bonchev–Trinajstić information content (AvgIpc) is 2.71. The smallest absolute Gasteiger partial charge is 0.274 e. The number of hydrogen-bond donors (Lipinski definition) is 2. The van der Waals surface area contributed by atoms with Gasteiger partial charge in [-0.25, -0.2) is 9.97 Å². The van der Waals surface area contributed by atoms with Crippen molar-refractivity contribution in [2.75, 3.05) is 17.2 Å². The molecule has 3 aromatic rings. The van der Waals surface area contributed by atoms with Gasteiger partial charge in [-0.15, -0.1) is 0 Å². The summed E-state index contributed by atoms with van der Waals surface area (Å²) >= 11 is 0. The van der Waals surface area contributed by atoms with Gasteiger partial charge in [0.05, 0.1) is 6.61 Å². The number of ether oxygens (including phenoxy) is 1. The molecule has 6 nitrogen and oxygen atoms in total. The van der Waals surface area contributed by atoms with E-state index in [-0.39, 0.29) is 5.91 Å². The van der Waals surface area contributed by atoms with Gasteiger partial charge in [0.25, 0.3) is 5.91 Å². The van der Waals surface area contributed by atoms with Gasteiger partial charge in [0, 0.05) is 17.6 Å². The highest BCUT2D eigenvalue weighted by Crippen LogP contribution is 2.28. The molecule has 1 amide bonds. The second-order valence-corrected chi connectivity index (χ2v) is 7.00. The molecule has 6 heteroatoms. The molecule has 2 N–H and O–H groups in total. The Hall–Kier alpha value is -3.41. The van der Waals surface area contributed by atoms with Gasteiger partial charge < -0.3 is 15.4 Å². The Morgan fingerprint density at radius 3 is 2.55 bits per heavy atom. The van der Waals surface area contributed by atoms with Gasteiger partial charge in [0.1, 0.15) is 11.4 Å². The van der Waals surface area contributed by atoms with E-state index in [9.17, 15) is 4.79 Å². The molecule has 0 fully saturated rings. The Morgan fingerprint density at radius 1 is 1.10 bits per heavy atom. The molecule has 0 radical (unpaired) electrons. The van der Waals surface area contributed by atoms with Gasteiger partial charge in [-0.3, -0.25) is 4.79 Å². The van der Waals surface area contributed by atoms with Crippen molar-refractivity contribution in [3.63, 3.8) is 0 Å². The number of aryl methyl sites for hydroxylation is 1. The summed E-state index contributed by atoms with van der Waals surface area (Å²) < 4.78 is 5.44. The zero-order valence-corrected chi connectivity index (χ0v) is 17.2. The lowest BCUT2D eigenvalue weighted by Crippen LogP contribution is -2.17. The second kappa shape index (κ2) is 9.19. The van der Waals surface area contributed by atoms with Crippen molar-refractivity contribution in [1.29, 1.82) is 0 Å². The Bertz CT molecular complexity index is 984. The first kappa shape index (κ1) is 20.3. The van der Waals surface area contributed by atoms with Crippen molar-refractivity contribution >= 4 is 23.2 Å². The lowest BCUT2D eigenvalue weighted by molar-refractivity contribution is 0.102. The third kappa shape index (κ3) is 5.10. The number of aromatic nitrogens is 2. The second-order valence-electron chi connectivity index (χ2n) is 7.00. The zero-order chi connectivity index (χ0) is 20.8. The van der Waals surface area contributed by atoms with Crippen LogP contribution in [0.5, 0.6) is 5.75 Å². The highest BCUT2D eigenvalue weighted by molar-refractivity contribution is 6.04. The summed E-state index contributed by atoms with van der Waals surface area (Å²) in [6.45, 7) is 8.76. The summed E-state index contributed by atoms with van der Waals surface area (Å²) in [4.78, 5) is 21.4. The van der Waals surface area contributed by atoms with Crippen LogP contribution in [0.25, 0.3) is 0 Å². The number of amides is 1. The van der Waals surface area contributed by atoms with Crippen LogP contribution >= 0.6 is 0 Å². The molecule has 29 heavy (non-hydrogen) atoms. The molecule has 0 saturated heterocycles. The van der Waals surface area contributed by atoms with Crippen LogP contribution in [-0.2, 0) is 0 Å². The Morgan fingerprint density at radius 2 is 1.86 bits per heavy atom. The van der Waals surface area contributed by atoms with E-state index < -0.39 is 0 Å². The van der Waals surface area contributed by atoms with Gasteiger partial charge >= 0.3 is 0 Å². The average molecular weight is 390 g/mol. The maximum atomic E-state index is 12.8. The molecule has 1 heterocycles. The molecule has 0 spiro atoms. The van der Waals surface area contributed by atoms with E-state index in [1.54, 1.807) is 12.3 Å². The number of benzene rings is 2. The first-order valence-electron chi connectivity index (χ1n) is 9.71. The zero-order valence-electron chi connectivity index (χ0n) is 17.2. The minimum Gasteiger partial charge on any atom is -0.494 e. The van der Waals surface area contributed by atoms with Crippen LogP contribution in [0.4, 0.5) is 17.3 Å². The van der Waals surface area contributed by atoms with Crippen molar-refractivity contribution in [2.45, 2.75) is 33.6 Å². The highest BCUT2D eigenvalue weighted by Gasteiger charge is 2.15. The van der Waals surface area contributed by atoms with Crippen LogP contribution in [-0.4, -0.2) is 22.5 Å². The number of carbonyl (C=O) groups excluding carboxylic acids is 1. The predicted molar refractivity (Wildman–Crippen MR) is 116 cm³/mol. The largest absolute Gasteiger partial charge is 0.494 e. The number of nitrogens with zero attached hydrogens (tertiary/aromatic N) is 2. The summed E-state index contributed by atoms with van der Waals surface area (Å²) in [5.74, 6) is 1.19.